The minimum Gasteiger partial charge on any atom is -0.307 e. The maximum atomic E-state index is 13.1. The van der Waals surface area contributed by atoms with Crippen molar-refractivity contribution in [1.82, 2.24) is 5.32 Å². The number of halogens is 3. The predicted molar refractivity (Wildman–Crippen MR) is 79.0 cm³/mol. The van der Waals surface area contributed by atoms with Gasteiger partial charge in [0, 0.05) is 12.1 Å². The molecular formula is C17H24F3N. The average Bonchev–Trinajstić information content (AvgIpc) is 2.63. The standard InChI is InChI=1S/C17H24F3N/c1-12-6-5-7-14(11-10-12)21-13(2)15-8-3-4-9-16(15)17(18,19)20/h3-4,8-9,12-14,21H,5-7,10-11H2,1-2H3. The molecule has 0 spiro atoms. The lowest BCUT2D eigenvalue weighted by atomic mass is 9.98. The number of nitrogens with one attached hydrogen (secondary N) is 1. The van der Waals surface area contributed by atoms with Crippen LogP contribution < -0.4 is 5.32 Å². The molecule has 1 nitrogen and oxygen atoms in total. The van der Waals surface area contributed by atoms with Crippen LogP contribution in [0.5, 0.6) is 0 Å². The number of alkyl halides is 3. The van der Waals surface area contributed by atoms with Crippen molar-refractivity contribution in [3.8, 4) is 0 Å². The molecule has 0 aromatic heterocycles. The highest BCUT2D eigenvalue weighted by Gasteiger charge is 2.34. The van der Waals surface area contributed by atoms with Crippen molar-refractivity contribution in [1.29, 1.82) is 0 Å². The summed E-state index contributed by atoms with van der Waals surface area (Å²) in [6.45, 7) is 4.09. The molecule has 1 aromatic carbocycles. The van der Waals surface area contributed by atoms with Crippen molar-refractivity contribution in [2.75, 3.05) is 0 Å². The number of hydrogen-bond acceptors (Lipinski definition) is 1. The second-order valence-electron chi connectivity index (χ2n) is 6.28. The fraction of sp³-hybridized carbons (Fsp3) is 0.647. The Morgan fingerprint density at radius 2 is 1.81 bits per heavy atom. The van der Waals surface area contributed by atoms with E-state index >= 15 is 0 Å². The third-order valence-electron chi connectivity index (χ3n) is 4.48. The quantitative estimate of drug-likeness (QED) is 0.744. The van der Waals surface area contributed by atoms with Crippen LogP contribution in [0.2, 0.25) is 0 Å². The van der Waals surface area contributed by atoms with Crippen molar-refractivity contribution in [3.63, 3.8) is 0 Å². The van der Waals surface area contributed by atoms with Gasteiger partial charge in [-0.15, -0.1) is 0 Å². The van der Waals surface area contributed by atoms with Gasteiger partial charge < -0.3 is 5.32 Å². The Balaban J connectivity index is 2.08. The van der Waals surface area contributed by atoms with E-state index in [1.807, 2.05) is 6.92 Å². The van der Waals surface area contributed by atoms with Gasteiger partial charge in [0.1, 0.15) is 0 Å². The SMILES string of the molecule is CC1CCCC(NC(C)c2ccccc2C(F)(F)F)CC1. The van der Waals surface area contributed by atoms with Crippen LogP contribution in [0.4, 0.5) is 13.2 Å². The maximum absolute atomic E-state index is 13.1. The molecule has 1 aliphatic carbocycles. The van der Waals surface area contributed by atoms with E-state index in [0.29, 0.717) is 11.6 Å². The zero-order valence-electron chi connectivity index (χ0n) is 12.7. The van der Waals surface area contributed by atoms with E-state index in [1.54, 1.807) is 12.1 Å². The van der Waals surface area contributed by atoms with Crippen molar-refractivity contribution in [2.45, 2.75) is 64.2 Å². The van der Waals surface area contributed by atoms with E-state index < -0.39 is 11.7 Å². The smallest absolute Gasteiger partial charge is 0.307 e. The van der Waals surface area contributed by atoms with Gasteiger partial charge in [0.2, 0.25) is 0 Å². The Labute approximate surface area is 124 Å². The first-order valence-electron chi connectivity index (χ1n) is 7.80. The first kappa shape index (κ1) is 16.3. The molecule has 0 radical (unpaired) electrons. The second kappa shape index (κ2) is 6.82. The monoisotopic (exact) mass is 299 g/mol. The normalized spacial score (nSPS) is 25.4. The molecule has 2 rings (SSSR count). The molecule has 118 valence electrons. The molecule has 0 saturated heterocycles. The van der Waals surface area contributed by atoms with Gasteiger partial charge in [-0.05, 0) is 43.7 Å². The summed E-state index contributed by atoms with van der Waals surface area (Å²) in [5.41, 5.74) is -0.172. The molecule has 1 aliphatic rings. The number of hydrogen-bond donors (Lipinski definition) is 1. The van der Waals surface area contributed by atoms with E-state index in [2.05, 4.69) is 12.2 Å². The molecule has 0 bridgehead atoms. The van der Waals surface area contributed by atoms with E-state index in [9.17, 15) is 13.2 Å². The summed E-state index contributed by atoms with van der Waals surface area (Å²) in [5, 5.41) is 3.41. The van der Waals surface area contributed by atoms with Gasteiger partial charge in [0.05, 0.1) is 5.56 Å². The first-order chi connectivity index (χ1) is 9.88. The zero-order valence-corrected chi connectivity index (χ0v) is 12.7. The van der Waals surface area contributed by atoms with E-state index in [4.69, 9.17) is 0 Å². The van der Waals surface area contributed by atoms with Gasteiger partial charge >= 0.3 is 6.18 Å². The molecular weight excluding hydrogens is 275 g/mol. The molecule has 4 heteroatoms. The molecule has 0 aliphatic heterocycles. The van der Waals surface area contributed by atoms with Crippen molar-refractivity contribution >= 4 is 0 Å². The Morgan fingerprint density at radius 3 is 2.52 bits per heavy atom. The summed E-state index contributed by atoms with van der Waals surface area (Å²) in [4.78, 5) is 0. The number of benzene rings is 1. The molecule has 1 N–H and O–H groups in total. The van der Waals surface area contributed by atoms with Crippen LogP contribution in [0, 0.1) is 5.92 Å². The number of rotatable bonds is 3. The van der Waals surface area contributed by atoms with E-state index in [1.165, 1.54) is 18.6 Å². The fourth-order valence-corrected chi connectivity index (χ4v) is 3.23. The minimum atomic E-state index is -4.29. The Hall–Kier alpha value is -1.03. The van der Waals surface area contributed by atoms with Crippen LogP contribution >= 0.6 is 0 Å². The third kappa shape index (κ3) is 4.47. The predicted octanol–water partition coefficient (Wildman–Crippen LogP) is 5.32. The van der Waals surface area contributed by atoms with Gasteiger partial charge in [-0.3, -0.25) is 0 Å². The molecule has 0 heterocycles. The molecule has 1 fully saturated rings. The lowest BCUT2D eigenvalue weighted by molar-refractivity contribution is -0.138. The second-order valence-corrected chi connectivity index (χ2v) is 6.28. The minimum absolute atomic E-state index is 0.277. The molecule has 21 heavy (non-hydrogen) atoms. The molecule has 3 atom stereocenters. The lowest BCUT2D eigenvalue weighted by Gasteiger charge is -2.25. The lowest BCUT2D eigenvalue weighted by Crippen LogP contribution is -2.32. The van der Waals surface area contributed by atoms with Crippen LogP contribution in [0.15, 0.2) is 24.3 Å². The van der Waals surface area contributed by atoms with Crippen LogP contribution in [-0.4, -0.2) is 6.04 Å². The summed E-state index contributed by atoms with van der Waals surface area (Å²) in [6, 6.07) is 5.93. The zero-order chi connectivity index (χ0) is 15.5. The first-order valence-corrected chi connectivity index (χ1v) is 7.80. The Kier molecular flexibility index (Phi) is 5.31. The summed E-state index contributed by atoms with van der Waals surface area (Å²) in [6.07, 6.45) is 1.37. The third-order valence-corrected chi connectivity index (χ3v) is 4.48. The van der Waals surface area contributed by atoms with Crippen molar-refractivity contribution in [2.24, 2.45) is 5.92 Å². The fourth-order valence-electron chi connectivity index (χ4n) is 3.23. The Morgan fingerprint density at radius 1 is 1.10 bits per heavy atom. The summed E-state index contributed by atoms with van der Waals surface area (Å²) >= 11 is 0. The highest BCUT2D eigenvalue weighted by Crippen LogP contribution is 2.35. The molecule has 1 aromatic rings. The van der Waals surface area contributed by atoms with Gasteiger partial charge in [0.25, 0.3) is 0 Å². The van der Waals surface area contributed by atoms with E-state index in [0.717, 1.165) is 31.6 Å². The van der Waals surface area contributed by atoms with Gasteiger partial charge in [-0.1, -0.05) is 38.0 Å². The largest absolute Gasteiger partial charge is 0.416 e. The average molecular weight is 299 g/mol. The summed E-state index contributed by atoms with van der Waals surface area (Å²) < 4.78 is 39.2. The summed E-state index contributed by atoms with van der Waals surface area (Å²) in [5.74, 6) is 0.731. The van der Waals surface area contributed by atoms with Gasteiger partial charge in [-0.25, -0.2) is 0 Å². The van der Waals surface area contributed by atoms with Crippen molar-refractivity contribution < 1.29 is 13.2 Å². The highest BCUT2D eigenvalue weighted by molar-refractivity contribution is 5.32. The van der Waals surface area contributed by atoms with Crippen molar-refractivity contribution in [3.05, 3.63) is 35.4 Å². The van der Waals surface area contributed by atoms with E-state index in [-0.39, 0.29) is 6.04 Å². The molecule has 0 amide bonds. The van der Waals surface area contributed by atoms with Crippen LogP contribution in [0.1, 0.15) is 63.1 Å². The maximum Gasteiger partial charge on any atom is 0.416 e. The van der Waals surface area contributed by atoms with Gasteiger partial charge in [-0.2, -0.15) is 13.2 Å². The topological polar surface area (TPSA) is 12.0 Å². The highest BCUT2D eigenvalue weighted by atomic mass is 19.4. The molecule has 3 unspecified atom stereocenters. The Bertz CT molecular complexity index is 456. The van der Waals surface area contributed by atoms with Crippen LogP contribution in [0.25, 0.3) is 0 Å². The van der Waals surface area contributed by atoms with Crippen LogP contribution in [0.3, 0.4) is 0 Å². The van der Waals surface area contributed by atoms with Crippen LogP contribution in [-0.2, 0) is 6.18 Å². The summed E-state index contributed by atoms with van der Waals surface area (Å²) in [7, 11) is 0. The van der Waals surface area contributed by atoms with Gasteiger partial charge in [0.15, 0.2) is 0 Å². The molecule has 1 saturated carbocycles.